The molecule has 0 aromatic carbocycles. The lowest BCUT2D eigenvalue weighted by Crippen LogP contribution is -3.10. The smallest absolute Gasteiger partial charge is 0.0809 e. The molecule has 0 aromatic rings. The molecule has 9 heavy (non-hydrogen) atoms. The van der Waals surface area contributed by atoms with Crippen LogP contribution in [0.1, 0.15) is 12.8 Å². The van der Waals surface area contributed by atoms with E-state index in [-0.39, 0.29) is 0 Å². The summed E-state index contributed by atoms with van der Waals surface area (Å²) in [4.78, 5) is 1.65. The quantitative estimate of drug-likeness (QED) is 0.505. The van der Waals surface area contributed by atoms with Crippen LogP contribution in [0.15, 0.2) is 0 Å². The monoisotopic (exact) mass is 148 g/mol. The van der Waals surface area contributed by atoms with Crippen molar-refractivity contribution in [3.63, 3.8) is 0 Å². The molecule has 0 saturated carbocycles. The van der Waals surface area contributed by atoms with E-state index in [2.05, 4.69) is 7.05 Å². The first-order valence-electron chi connectivity index (χ1n) is 3.70. The van der Waals surface area contributed by atoms with Gasteiger partial charge in [-0.25, -0.2) is 0 Å². The number of hydrogen-bond donors (Lipinski definition) is 1. The van der Waals surface area contributed by atoms with Crippen molar-refractivity contribution in [2.75, 3.05) is 26.0 Å². The molecule has 0 spiro atoms. The molecule has 1 nitrogen and oxygen atoms in total. The van der Waals surface area contributed by atoms with Crippen molar-refractivity contribution in [3.05, 3.63) is 0 Å². The number of alkyl halides is 1. The van der Waals surface area contributed by atoms with Crippen LogP contribution < -0.4 is 4.90 Å². The Kier molecular flexibility index (Phi) is 2.80. The fourth-order valence-corrected chi connectivity index (χ4v) is 1.78. The minimum Gasteiger partial charge on any atom is -0.337 e. The highest BCUT2D eigenvalue weighted by molar-refractivity contribution is 6.18. The van der Waals surface area contributed by atoms with E-state index in [4.69, 9.17) is 11.6 Å². The van der Waals surface area contributed by atoms with Crippen molar-refractivity contribution in [1.29, 1.82) is 0 Å². The van der Waals surface area contributed by atoms with Crippen LogP contribution in [0.2, 0.25) is 0 Å². The summed E-state index contributed by atoms with van der Waals surface area (Å²) in [5, 5.41) is 0. The lowest BCUT2D eigenvalue weighted by molar-refractivity contribution is -0.888. The second kappa shape index (κ2) is 3.43. The van der Waals surface area contributed by atoms with Gasteiger partial charge in [0.2, 0.25) is 0 Å². The van der Waals surface area contributed by atoms with Crippen LogP contribution >= 0.6 is 11.6 Å². The summed E-state index contributed by atoms with van der Waals surface area (Å²) in [5.41, 5.74) is 0. The lowest BCUT2D eigenvalue weighted by Gasteiger charge is -2.25. The molecule has 2 atom stereocenters. The van der Waals surface area contributed by atoms with E-state index in [9.17, 15) is 0 Å². The Balaban J connectivity index is 2.23. The van der Waals surface area contributed by atoms with Gasteiger partial charge >= 0.3 is 0 Å². The molecule has 0 bridgehead atoms. The average molecular weight is 149 g/mol. The van der Waals surface area contributed by atoms with Gasteiger partial charge < -0.3 is 4.90 Å². The number of nitrogens with one attached hydrogen (secondary N) is 1. The number of halogens is 1. The van der Waals surface area contributed by atoms with Crippen LogP contribution in [0, 0.1) is 5.92 Å². The molecule has 1 unspecified atom stereocenters. The summed E-state index contributed by atoms with van der Waals surface area (Å²) in [7, 11) is 2.25. The maximum absolute atomic E-state index is 5.73. The minimum atomic E-state index is 0.792. The number of piperidine rings is 1. The standard InChI is InChI=1S/C7H14ClN/c1-9-4-2-3-7(5-8)6-9/h7H,2-6H2,1H3/p+1/t7-/m1/s1. The first-order valence-corrected chi connectivity index (χ1v) is 4.23. The molecule has 1 fully saturated rings. The van der Waals surface area contributed by atoms with Crippen LogP contribution in [-0.2, 0) is 0 Å². The largest absolute Gasteiger partial charge is 0.337 e. The van der Waals surface area contributed by atoms with E-state index in [1.54, 1.807) is 4.90 Å². The zero-order valence-corrected chi connectivity index (χ0v) is 6.75. The van der Waals surface area contributed by atoms with E-state index in [0.717, 1.165) is 11.8 Å². The van der Waals surface area contributed by atoms with Crippen molar-refractivity contribution in [2.24, 2.45) is 5.92 Å². The lowest BCUT2D eigenvalue weighted by atomic mass is 10.0. The van der Waals surface area contributed by atoms with Gasteiger partial charge in [0.25, 0.3) is 0 Å². The number of rotatable bonds is 1. The van der Waals surface area contributed by atoms with E-state index in [0.29, 0.717) is 0 Å². The van der Waals surface area contributed by atoms with Gasteiger partial charge in [-0.05, 0) is 12.8 Å². The van der Waals surface area contributed by atoms with E-state index < -0.39 is 0 Å². The normalized spacial score (nSPS) is 36.7. The van der Waals surface area contributed by atoms with Gasteiger partial charge in [0.05, 0.1) is 20.1 Å². The van der Waals surface area contributed by atoms with E-state index in [1.807, 2.05) is 0 Å². The third-order valence-corrected chi connectivity index (χ3v) is 2.51. The molecule has 1 rings (SSSR count). The van der Waals surface area contributed by atoms with Gasteiger partial charge in [0.15, 0.2) is 0 Å². The second-order valence-electron chi connectivity index (χ2n) is 3.07. The Morgan fingerprint density at radius 1 is 1.67 bits per heavy atom. The molecule has 1 heterocycles. The van der Waals surface area contributed by atoms with Crippen LogP contribution in [0.25, 0.3) is 0 Å². The molecule has 54 valence electrons. The highest BCUT2D eigenvalue weighted by Crippen LogP contribution is 2.07. The summed E-state index contributed by atoms with van der Waals surface area (Å²) in [6.45, 7) is 2.62. The maximum Gasteiger partial charge on any atom is 0.0809 e. The molecule has 1 N–H and O–H groups in total. The van der Waals surface area contributed by atoms with Crippen LogP contribution in [0.4, 0.5) is 0 Å². The average Bonchev–Trinajstić information content (AvgIpc) is 1.88. The zero-order chi connectivity index (χ0) is 6.69. The topological polar surface area (TPSA) is 4.44 Å². The van der Waals surface area contributed by atoms with Gasteiger partial charge in [-0.15, -0.1) is 11.6 Å². The summed E-state index contributed by atoms with van der Waals surface area (Å²) in [5.74, 6) is 1.65. The maximum atomic E-state index is 5.73. The molecule has 0 amide bonds. The number of hydrogen-bond acceptors (Lipinski definition) is 0. The second-order valence-corrected chi connectivity index (χ2v) is 3.38. The van der Waals surface area contributed by atoms with Crippen molar-refractivity contribution in [2.45, 2.75) is 12.8 Å². The van der Waals surface area contributed by atoms with Crippen LogP contribution in [0.5, 0.6) is 0 Å². The van der Waals surface area contributed by atoms with Gasteiger partial charge in [0.1, 0.15) is 0 Å². The highest BCUT2D eigenvalue weighted by atomic mass is 35.5. The molecule has 0 aromatic heterocycles. The minimum absolute atomic E-state index is 0.792. The summed E-state index contributed by atoms with van der Waals surface area (Å²) in [6.07, 6.45) is 2.71. The van der Waals surface area contributed by atoms with Crippen LogP contribution in [0.3, 0.4) is 0 Å². The molecule has 1 saturated heterocycles. The molecule has 0 radical (unpaired) electrons. The van der Waals surface area contributed by atoms with Crippen LogP contribution in [-0.4, -0.2) is 26.0 Å². The Bertz CT molecular complexity index is 85.0. The number of quaternary nitrogens is 1. The Morgan fingerprint density at radius 2 is 2.44 bits per heavy atom. The fourth-order valence-electron chi connectivity index (χ4n) is 1.52. The molecular formula is C7H15ClN+. The SMILES string of the molecule is C[NH+]1CCC[C@H](CCl)C1. The molecular weight excluding hydrogens is 134 g/mol. The first kappa shape index (κ1) is 7.36. The van der Waals surface area contributed by atoms with Crippen molar-refractivity contribution >= 4 is 11.6 Å². The fraction of sp³-hybridized carbons (Fsp3) is 1.00. The first-order chi connectivity index (χ1) is 4.33. The van der Waals surface area contributed by atoms with Gasteiger partial charge in [-0.2, -0.15) is 0 Å². The van der Waals surface area contributed by atoms with Crippen molar-refractivity contribution in [3.8, 4) is 0 Å². The zero-order valence-electron chi connectivity index (χ0n) is 5.99. The third kappa shape index (κ3) is 2.15. The molecule has 1 aliphatic rings. The summed E-state index contributed by atoms with van der Waals surface area (Å²) in [6, 6.07) is 0. The Labute approximate surface area is 62.0 Å². The van der Waals surface area contributed by atoms with Crippen molar-refractivity contribution in [1.82, 2.24) is 0 Å². The Hall–Kier alpha value is 0.250. The molecule has 2 heteroatoms. The van der Waals surface area contributed by atoms with Gasteiger partial charge in [-0.3, -0.25) is 0 Å². The van der Waals surface area contributed by atoms with Gasteiger partial charge in [-0.1, -0.05) is 0 Å². The van der Waals surface area contributed by atoms with E-state index in [1.165, 1.54) is 25.9 Å². The van der Waals surface area contributed by atoms with Gasteiger partial charge in [0, 0.05) is 11.8 Å². The predicted molar refractivity (Wildman–Crippen MR) is 40.1 cm³/mol. The molecule has 0 aliphatic carbocycles. The summed E-state index contributed by atoms with van der Waals surface area (Å²) < 4.78 is 0. The Morgan fingerprint density at radius 3 is 2.89 bits per heavy atom. The van der Waals surface area contributed by atoms with Crippen molar-refractivity contribution < 1.29 is 4.90 Å². The molecule has 1 aliphatic heterocycles. The highest BCUT2D eigenvalue weighted by Gasteiger charge is 2.18. The summed E-state index contributed by atoms with van der Waals surface area (Å²) >= 11 is 5.73. The number of likely N-dealkylation sites (tertiary alicyclic amines) is 1. The third-order valence-electron chi connectivity index (χ3n) is 2.07. The predicted octanol–water partition coefficient (Wildman–Crippen LogP) is 0.150. The van der Waals surface area contributed by atoms with E-state index >= 15 is 0 Å².